The lowest BCUT2D eigenvalue weighted by Crippen LogP contribution is -2.37. The zero-order valence-corrected chi connectivity index (χ0v) is 14.0. The minimum Gasteiger partial charge on any atom is -0.343 e. The van der Waals surface area contributed by atoms with Crippen molar-refractivity contribution in [2.75, 3.05) is 13.1 Å². The number of aromatic nitrogens is 1. The van der Waals surface area contributed by atoms with Gasteiger partial charge < -0.3 is 4.90 Å². The monoisotopic (exact) mass is 308 g/mol. The number of carbonyl (C=O) groups is 1. The Morgan fingerprint density at radius 3 is 2.48 bits per heavy atom. The number of aryl methyl sites for hydroxylation is 1. The zero-order chi connectivity index (χ0) is 16.2. The summed E-state index contributed by atoms with van der Waals surface area (Å²) >= 11 is 0. The molecule has 1 aliphatic heterocycles. The van der Waals surface area contributed by atoms with Gasteiger partial charge >= 0.3 is 0 Å². The lowest BCUT2D eigenvalue weighted by Gasteiger charge is -2.32. The van der Waals surface area contributed by atoms with E-state index in [2.05, 4.69) is 43.3 Å². The molecule has 0 radical (unpaired) electrons. The highest BCUT2D eigenvalue weighted by molar-refractivity contribution is 5.75. The molecule has 0 aliphatic carbocycles. The van der Waals surface area contributed by atoms with E-state index in [1.54, 1.807) is 0 Å². The van der Waals surface area contributed by atoms with Crippen LogP contribution in [0.5, 0.6) is 0 Å². The predicted molar refractivity (Wildman–Crippen MR) is 93.3 cm³/mol. The van der Waals surface area contributed by atoms with Crippen LogP contribution in [0.2, 0.25) is 0 Å². The molecule has 0 atom stereocenters. The Balaban J connectivity index is 1.79. The molecule has 1 amide bonds. The molecule has 1 aromatic heterocycles. The van der Waals surface area contributed by atoms with Crippen LogP contribution < -0.4 is 0 Å². The van der Waals surface area contributed by atoms with Crippen LogP contribution in [0.1, 0.15) is 43.5 Å². The number of hydrogen-bond acceptors (Lipinski definition) is 2. The molecule has 0 spiro atoms. The van der Waals surface area contributed by atoms with Crippen LogP contribution >= 0.6 is 0 Å². The molecule has 3 heteroatoms. The van der Waals surface area contributed by atoms with Crippen molar-refractivity contribution in [2.45, 2.75) is 39.0 Å². The molecule has 3 nitrogen and oxygen atoms in total. The molecule has 1 aliphatic rings. The largest absolute Gasteiger partial charge is 0.343 e. The summed E-state index contributed by atoms with van der Waals surface area (Å²) in [5.41, 5.74) is 4.71. The molecule has 120 valence electrons. The summed E-state index contributed by atoms with van der Waals surface area (Å²) in [5.74, 6) is 0.726. The standard InChI is InChI=1S/C20H24N2O/c1-3-20(23)22-11-9-17(10-12-22)19-14-18(13-15(2)21-19)16-7-5-4-6-8-16/h4-8,13-14,17H,3,9-12H2,1-2H3. The van der Waals surface area contributed by atoms with Crippen LogP contribution in [-0.4, -0.2) is 28.9 Å². The molecule has 2 heterocycles. The Morgan fingerprint density at radius 2 is 1.83 bits per heavy atom. The van der Waals surface area contributed by atoms with Gasteiger partial charge in [-0.2, -0.15) is 0 Å². The van der Waals surface area contributed by atoms with Crippen LogP contribution in [0, 0.1) is 6.92 Å². The van der Waals surface area contributed by atoms with Gasteiger partial charge in [0, 0.05) is 36.8 Å². The summed E-state index contributed by atoms with van der Waals surface area (Å²) in [6, 6.07) is 14.8. The number of pyridine rings is 1. The first-order valence-electron chi connectivity index (χ1n) is 8.49. The van der Waals surface area contributed by atoms with Crippen LogP contribution in [0.15, 0.2) is 42.5 Å². The Labute approximate surface area is 138 Å². The van der Waals surface area contributed by atoms with Crippen LogP contribution in [0.4, 0.5) is 0 Å². The van der Waals surface area contributed by atoms with Gasteiger partial charge in [0.1, 0.15) is 0 Å². The minimum atomic E-state index is 0.269. The zero-order valence-electron chi connectivity index (χ0n) is 14.0. The van der Waals surface area contributed by atoms with Crippen molar-refractivity contribution >= 4 is 5.91 Å². The van der Waals surface area contributed by atoms with Crippen LogP contribution in [0.25, 0.3) is 11.1 Å². The fourth-order valence-corrected chi connectivity index (χ4v) is 3.35. The van der Waals surface area contributed by atoms with Gasteiger partial charge in [-0.15, -0.1) is 0 Å². The van der Waals surface area contributed by atoms with Crippen molar-refractivity contribution < 1.29 is 4.79 Å². The van der Waals surface area contributed by atoms with E-state index in [9.17, 15) is 4.79 Å². The van der Waals surface area contributed by atoms with Crippen molar-refractivity contribution in [3.63, 3.8) is 0 Å². The Kier molecular flexibility index (Phi) is 4.75. The van der Waals surface area contributed by atoms with Crippen LogP contribution in [-0.2, 0) is 4.79 Å². The van der Waals surface area contributed by atoms with Gasteiger partial charge in [0.15, 0.2) is 0 Å². The number of piperidine rings is 1. The molecular weight excluding hydrogens is 284 g/mol. The number of benzene rings is 1. The summed E-state index contributed by atoms with van der Waals surface area (Å²) < 4.78 is 0. The fraction of sp³-hybridized carbons (Fsp3) is 0.400. The molecule has 0 N–H and O–H groups in total. The molecule has 3 rings (SSSR count). The van der Waals surface area contributed by atoms with E-state index in [0.29, 0.717) is 12.3 Å². The average molecular weight is 308 g/mol. The minimum absolute atomic E-state index is 0.269. The maximum absolute atomic E-state index is 11.8. The highest BCUT2D eigenvalue weighted by atomic mass is 16.2. The summed E-state index contributed by atoms with van der Waals surface area (Å²) in [7, 11) is 0. The van der Waals surface area contributed by atoms with E-state index in [-0.39, 0.29) is 5.91 Å². The second-order valence-corrected chi connectivity index (χ2v) is 6.30. The number of carbonyl (C=O) groups excluding carboxylic acids is 1. The molecule has 1 fully saturated rings. The van der Waals surface area contributed by atoms with Gasteiger partial charge in [-0.05, 0) is 43.0 Å². The van der Waals surface area contributed by atoms with Crippen molar-refractivity contribution in [2.24, 2.45) is 0 Å². The first kappa shape index (κ1) is 15.7. The molecule has 2 aromatic rings. The van der Waals surface area contributed by atoms with Gasteiger partial charge in [-0.25, -0.2) is 0 Å². The first-order valence-corrected chi connectivity index (χ1v) is 8.49. The van der Waals surface area contributed by atoms with E-state index in [0.717, 1.165) is 31.6 Å². The fourth-order valence-electron chi connectivity index (χ4n) is 3.35. The van der Waals surface area contributed by atoms with Gasteiger partial charge in [0.25, 0.3) is 0 Å². The van der Waals surface area contributed by atoms with Crippen molar-refractivity contribution in [3.8, 4) is 11.1 Å². The van der Waals surface area contributed by atoms with Gasteiger partial charge in [-0.1, -0.05) is 37.3 Å². The molecule has 0 saturated carbocycles. The summed E-state index contributed by atoms with van der Waals surface area (Å²) in [6.45, 7) is 5.70. The van der Waals surface area contributed by atoms with E-state index in [4.69, 9.17) is 4.98 Å². The van der Waals surface area contributed by atoms with E-state index in [1.807, 2.05) is 17.9 Å². The number of rotatable bonds is 3. The second-order valence-electron chi connectivity index (χ2n) is 6.30. The number of likely N-dealkylation sites (tertiary alicyclic amines) is 1. The summed E-state index contributed by atoms with van der Waals surface area (Å²) in [6.07, 6.45) is 2.62. The van der Waals surface area contributed by atoms with E-state index < -0.39 is 0 Å². The van der Waals surface area contributed by atoms with Crippen molar-refractivity contribution in [1.82, 2.24) is 9.88 Å². The third-order valence-corrected chi connectivity index (χ3v) is 4.65. The number of hydrogen-bond donors (Lipinski definition) is 0. The molecule has 0 bridgehead atoms. The van der Waals surface area contributed by atoms with Gasteiger partial charge in [0.2, 0.25) is 5.91 Å². The molecule has 0 unspecified atom stereocenters. The molecular formula is C20H24N2O. The second kappa shape index (κ2) is 6.95. The normalized spacial score (nSPS) is 15.7. The molecule has 23 heavy (non-hydrogen) atoms. The Hall–Kier alpha value is -2.16. The molecule has 1 saturated heterocycles. The van der Waals surface area contributed by atoms with Crippen molar-refractivity contribution in [1.29, 1.82) is 0 Å². The maximum Gasteiger partial charge on any atom is 0.222 e. The highest BCUT2D eigenvalue weighted by Gasteiger charge is 2.24. The third-order valence-electron chi connectivity index (χ3n) is 4.65. The SMILES string of the molecule is CCC(=O)N1CCC(c2cc(-c3ccccc3)cc(C)n2)CC1. The van der Waals surface area contributed by atoms with Crippen LogP contribution in [0.3, 0.4) is 0 Å². The Morgan fingerprint density at radius 1 is 1.13 bits per heavy atom. The average Bonchev–Trinajstić information content (AvgIpc) is 2.61. The Bertz CT molecular complexity index is 673. The van der Waals surface area contributed by atoms with Gasteiger partial charge in [-0.3, -0.25) is 9.78 Å². The predicted octanol–water partition coefficient (Wildman–Crippen LogP) is 4.17. The lowest BCUT2D eigenvalue weighted by molar-refractivity contribution is -0.131. The summed E-state index contributed by atoms with van der Waals surface area (Å²) in [5, 5.41) is 0. The maximum atomic E-state index is 11.8. The molecule has 1 aromatic carbocycles. The quantitative estimate of drug-likeness (QED) is 0.852. The van der Waals surface area contributed by atoms with Crippen molar-refractivity contribution in [3.05, 3.63) is 53.9 Å². The number of amides is 1. The summed E-state index contributed by atoms with van der Waals surface area (Å²) in [4.78, 5) is 18.6. The third kappa shape index (κ3) is 3.61. The lowest BCUT2D eigenvalue weighted by atomic mass is 9.91. The number of nitrogens with zero attached hydrogens (tertiary/aromatic N) is 2. The smallest absolute Gasteiger partial charge is 0.222 e. The topological polar surface area (TPSA) is 33.2 Å². The van der Waals surface area contributed by atoms with E-state index in [1.165, 1.54) is 16.8 Å². The van der Waals surface area contributed by atoms with E-state index >= 15 is 0 Å². The highest BCUT2D eigenvalue weighted by Crippen LogP contribution is 2.30. The first-order chi connectivity index (χ1) is 11.2. The van der Waals surface area contributed by atoms with Gasteiger partial charge in [0.05, 0.1) is 0 Å².